The molecular formula is C23H24ClNO3. The van der Waals surface area contributed by atoms with Gasteiger partial charge in [0, 0.05) is 17.1 Å². The SMILES string of the molecule is CCCCCCN1C(=O)C(=O)C(=C(O)c2ccccc2)[C@H]1c1ccc(Cl)cc1. The zero-order chi connectivity index (χ0) is 20.1. The Balaban J connectivity index is 2.04. The van der Waals surface area contributed by atoms with Crippen LogP contribution in [0.5, 0.6) is 0 Å². The van der Waals surface area contributed by atoms with Gasteiger partial charge in [-0.3, -0.25) is 9.59 Å². The molecule has 1 heterocycles. The van der Waals surface area contributed by atoms with Crippen LogP contribution in [0, 0.1) is 0 Å². The normalized spacial score (nSPS) is 18.6. The molecule has 0 saturated carbocycles. The Labute approximate surface area is 170 Å². The lowest BCUT2D eigenvalue weighted by Gasteiger charge is -2.25. The second-order valence-electron chi connectivity index (χ2n) is 6.97. The van der Waals surface area contributed by atoms with Crippen LogP contribution >= 0.6 is 11.6 Å². The molecule has 4 nitrogen and oxygen atoms in total. The van der Waals surface area contributed by atoms with Gasteiger partial charge >= 0.3 is 0 Å². The molecule has 0 aromatic heterocycles. The Morgan fingerprint density at radius 1 is 1.00 bits per heavy atom. The number of unbranched alkanes of at least 4 members (excludes halogenated alkanes) is 3. The van der Waals surface area contributed by atoms with Gasteiger partial charge < -0.3 is 10.0 Å². The fraction of sp³-hybridized carbons (Fsp3) is 0.304. The zero-order valence-electron chi connectivity index (χ0n) is 15.9. The molecule has 0 bridgehead atoms. The first-order valence-electron chi connectivity index (χ1n) is 9.64. The maximum absolute atomic E-state index is 12.8. The molecule has 0 radical (unpaired) electrons. The fourth-order valence-electron chi connectivity index (χ4n) is 3.56. The number of halogens is 1. The van der Waals surface area contributed by atoms with E-state index in [1.54, 1.807) is 53.4 Å². The van der Waals surface area contributed by atoms with Crippen molar-refractivity contribution in [1.29, 1.82) is 0 Å². The van der Waals surface area contributed by atoms with Crippen LogP contribution in [0.1, 0.15) is 49.8 Å². The first-order valence-corrected chi connectivity index (χ1v) is 10.0. The van der Waals surface area contributed by atoms with Crippen molar-refractivity contribution in [3.05, 3.63) is 76.3 Å². The highest BCUT2D eigenvalue weighted by Crippen LogP contribution is 2.39. The second-order valence-corrected chi connectivity index (χ2v) is 7.41. The minimum absolute atomic E-state index is 0.133. The van der Waals surface area contributed by atoms with Crippen molar-refractivity contribution >= 4 is 29.1 Å². The Morgan fingerprint density at radius 2 is 1.68 bits per heavy atom. The van der Waals surface area contributed by atoms with E-state index in [0.717, 1.165) is 31.2 Å². The number of benzene rings is 2. The Hall–Kier alpha value is -2.59. The van der Waals surface area contributed by atoms with Crippen LogP contribution in [0.25, 0.3) is 5.76 Å². The number of aliphatic hydroxyl groups is 1. The summed E-state index contributed by atoms with van der Waals surface area (Å²) in [5.41, 5.74) is 1.41. The summed E-state index contributed by atoms with van der Waals surface area (Å²) in [6.45, 7) is 2.60. The molecule has 0 aliphatic carbocycles. The molecule has 0 unspecified atom stereocenters. The lowest BCUT2D eigenvalue weighted by molar-refractivity contribution is -0.139. The zero-order valence-corrected chi connectivity index (χ0v) is 16.7. The smallest absolute Gasteiger partial charge is 0.295 e. The van der Waals surface area contributed by atoms with Crippen molar-refractivity contribution in [1.82, 2.24) is 4.90 Å². The number of carbonyl (C=O) groups is 2. The number of amides is 1. The third-order valence-corrected chi connectivity index (χ3v) is 5.28. The molecule has 1 amide bonds. The fourth-order valence-corrected chi connectivity index (χ4v) is 3.69. The van der Waals surface area contributed by atoms with Gasteiger partial charge in [0.1, 0.15) is 5.76 Å². The highest BCUT2D eigenvalue weighted by atomic mass is 35.5. The van der Waals surface area contributed by atoms with Gasteiger partial charge in [0.2, 0.25) is 0 Å². The highest BCUT2D eigenvalue weighted by molar-refractivity contribution is 6.46. The van der Waals surface area contributed by atoms with Crippen LogP contribution in [0.4, 0.5) is 0 Å². The molecule has 3 rings (SSSR count). The minimum atomic E-state index is -0.642. The van der Waals surface area contributed by atoms with Gasteiger partial charge in [-0.15, -0.1) is 0 Å². The van der Waals surface area contributed by atoms with E-state index in [9.17, 15) is 14.7 Å². The number of hydrogen-bond acceptors (Lipinski definition) is 3. The van der Waals surface area contributed by atoms with Crippen molar-refractivity contribution in [2.45, 2.75) is 38.6 Å². The van der Waals surface area contributed by atoms with Crippen LogP contribution in [-0.4, -0.2) is 28.2 Å². The van der Waals surface area contributed by atoms with E-state index in [4.69, 9.17) is 11.6 Å². The molecule has 2 aromatic rings. The lowest BCUT2D eigenvalue weighted by Crippen LogP contribution is -2.30. The summed E-state index contributed by atoms with van der Waals surface area (Å²) < 4.78 is 0. The van der Waals surface area contributed by atoms with Gasteiger partial charge in [-0.1, -0.05) is 80.3 Å². The van der Waals surface area contributed by atoms with Crippen LogP contribution in [-0.2, 0) is 9.59 Å². The quantitative estimate of drug-likeness (QED) is 0.297. The number of ketones is 1. The molecule has 0 spiro atoms. The molecule has 2 aromatic carbocycles. The molecule has 28 heavy (non-hydrogen) atoms. The van der Waals surface area contributed by atoms with Crippen molar-refractivity contribution in [2.75, 3.05) is 6.54 Å². The monoisotopic (exact) mass is 397 g/mol. The van der Waals surface area contributed by atoms with Crippen LogP contribution in [0.15, 0.2) is 60.2 Å². The van der Waals surface area contributed by atoms with Crippen molar-refractivity contribution < 1.29 is 14.7 Å². The van der Waals surface area contributed by atoms with E-state index in [2.05, 4.69) is 6.92 Å². The number of likely N-dealkylation sites (tertiary alicyclic amines) is 1. The summed E-state index contributed by atoms with van der Waals surface area (Å²) in [5.74, 6) is -1.35. The topological polar surface area (TPSA) is 57.6 Å². The molecule has 5 heteroatoms. The molecule has 1 saturated heterocycles. The van der Waals surface area contributed by atoms with Gasteiger partial charge in [0.15, 0.2) is 0 Å². The number of carbonyl (C=O) groups excluding carboxylic acids is 2. The summed E-state index contributed by atoms with van der Waals surface area (Å²) in [6, 6.07) is 15.3. The highest BCUT2D eigenvalue weighted by Gasteiger charge is 2.45. The largest absolute Gasteiger partial charge is 0.507 e. The van der Waals surface area contributed by atoms with E-state index in [1.807, 2.05) is 6.07 Å². The maximum Gasteiger partial charge on any atom is 0.295 e. The van der Waals surface area contributed by atoms with Gasteiger partial charge in [-0.2, -0.15) is 0 Å². The average molecular weight is 398 g/mol. The lowest BCUT2D eigenvalue weighted by atomic mass is 9.95. The third-order valence-electron chi connectivity index (χ3n) is 5.03. The first-order chi connectivity index (χ1) is 13.5. The number of nitrogens with zero attached hydrogens (tertiary/aromatic N) is 1. The first kappa shape index (κ1) is 20.2. The summed E-state index contributed by atoms with van der Waals surface area (Å²) >= 11 is 6.02. The van der Waals surface area contributed by atoms with E-state index in [1.165, 1.54) is 0 Å². The molecule has 1 N–H and O–H groups in total. The Kier molecular flexibility index (Phi) is 6.53. The molecule has 1 atom stereocenters. The van der Waals surface area contributed by atoms with E-state index in [0.29, 0.717) is 17.1 Å². The molecule has 1 aliphatic heterocycles. The summed E-state index contributed by atoms with van der Waals surface area (Å²) in [5, 5.41) is 11.5. The Morgan fingerprint density at radius 3 is 2.32 bits per heavy atom. The van der Waals surface area contributed by atoms with E-state index >= 15 is 0 Å². The van der Waals surface area contributed by atoms with Gasteiger partial charge in [-0.25, -0.2) is 0 Å². The third kappa shape index (κ3) is 4.12. The predicted molar refractivity (Wildman–Crippen MR) is 111 cm³/mol. The maximum atomic E-state index is 12.8. The summed E-state index contributed by atoms with van der Waals surface area (Å²) in [4.78, 5) is 27.2. The Bertz CT molecular complexity index is 874. The average Bonchev–Trinajstić information content (AvgIpc) is 2.97. The standard InChI is InChI=1S/C23H24ClNO3/c1-2-3-4-8-15-25-20(16-11-13-18(24)14-12-16)19(22(27)23(25)28)21(26)17-9-6-5-7-10-17/h5-7,9-14,20,26H,2-4,8,15H2,1H3/t20-/m1/s1. The van der Waals surface area contributed by atoms with Crippen LogP contribution < -0.4 is 0 Å². The minimum Gasteiger partial charge on any atom is -0.507 e. The second kappa shape index (κ2) is 9.07. The van der Waals surface area contributed by atoms with Crippen molar-refractivity contribution in [3.63, 3.8) is 0 Å². The number of rotatable bonds is 7. The van der Waals surface area contributed by atoms with Crippen LogP contribution in [0.3, 0.4) is 0 Å². The van der Waals surface area contributed by atoms with E-state index in [-0.39, 0.29) is 11.3 Å². The van der Waals surface area contributed by atoms with Crippen molar-refractivity contribution in [3.8, 4) is 0 Å². The van der Waals surface area contributed by atoms with Gasteiger partial charge in [-0.05, 0) is 24.1 Å². The molecule has 1 aliphatic rings. The van der Waals surface area contributed by atoms with Crippen molar-refractivity contribution in [2.24, 2.45) is 0 Å². The van der Waals surface area contributed by atoms with Gasteiger partial charge in [0.25, 0.3) is 11.7 Å². The summed E-state index contributed by atoms with van der Waals surface area (Å²) in [6.07, 6.45) is 3.98. The molecule has 1 fully saturated rings. The van der Waals surface area contributed by atoms with Crippen LogP contribution in [0.2, 0.25) is 5.02 Å². The number of aliphatic hydroxyl groups excluding tert-OH is 1. The predicted octanol–water partition coefficient (Wildman–Crippen LogP) is 5.34. The van der Waals surface area contributed by atoms with E-state index < -0.39 is 17.7 Å². The molecule has 146 valence electrons. The number of Topliss-reactive ketones (excluding diaryl/α,β-unsaturated/α-hetero) is 1. The summed E-state index contributed by atoms with van der Waals surface area (Å²) in [7, 11) is 0. The van der Waals surface area contributed by atoms with Gasteiger partial charge in [0.05, 0.1) is 11.6 Å². The molecular weight excluding hydrogens is 374 g/mol. The number of hydrogen-bond donors (Lipinski definition) is 1.